The summed E-state index contributed by atoms with van der Waals surface area (Å²) < 4.78 is 5.24. The first-order valence-electron chi connectivity index (χ1n) is 21.2. The van der Waals surface area contributed by atoms with Gasteiger partial charge in [0, 0.05) is 47.6 Å². The summed E-state index contributed by atoms with van der Waals surface area (Å²) in [6, 6.07) is 74.7. The number of benzene rings is 10. The van der Waals surface area contributed by atoms with Gasteiger partial charge in [-0.1, -0.05) is 166 Å². The molecule has 0 bridgehead atoms. The Kier molecular flexibility index (Phi) is 7.30. The van der Waals surface area contributed by atoms with E-state index in [1.807, 2.05) is 11.3 Å². The van der Waals surface area contributed by atoms with Crippen LogP contribution in [0.3, 0.4) is 0 Å². The van der Waals surface area contributed by atoms with Gasteiger partial charge in [0.1, 0.15) is 0 Å². The van der Waals surface area contributed by atoms with Gasteiger partial charge in [-0.3, -0.25) is 0 Å². The monoisotopic (exact) mass is 793 g/mol. The highest BCUT2D eigenvalue weighted by Crippen LogP contribution is 2.54. The Morgan fingerprint density at radius 3 is 1.74 bits per heavy atom. The second-order valence-corrected chi connectivity index (χ2v) is 18.3. The van der Waals surface area contributed by atoms with Gasteiger partial charge in [0.2, 0.25) is 0 Å². The summed E-state index contributed by atoms with van der Waals surface area (Å²) in [7, 11) is 0. The molecule has 1 aliphatic rings. The molecule has 1 nitrogen and oxygen atoms in total. The predicted molar refractivity (Wildman–Crippen MR) is 263 cm³/mol. The van der Waals surface area contributed by atoms with Gasteiger partial charge in [0.15, 0.2) is 0 Å². The third-order valence-electron chi connectivity index (χ3n) is 13.6. The van der Waals surface area contributed by atoms with Crippen molar-refractivity contribution < 1.29 is 0 Å². The van der Waals surface area contributed by atoms with Crippen LogP contribution in [0.2, 0.25) is 0 Å². The van der Waals surface area contributed by atoms with Gasteiger partial charge in [-0.05, 0) is 120 Å². The van der Waals surface area contributed by atoms with E-state index >= 15 is 0 Å². The lowest BCUT2D eigenvalue weighted by Crippen LogP contribution is -2.15. The molecular formula is C59H39NS. The Balaban J connectivity index is 0.996. The molecule has 0 aliphatic heterocycles. The molecule has 0 amide bonds. The summed E-state index contributed by atoms with van der Waals surface area (Å²) in [6.45, 7) is 4.81. The molecule has 0 spiro atoms. The quantitative estimate of drug-likeness (QED) is 0.156. The number of fused-ring (bicyclic) bond motifs is 13. The molecule has 12 aromatic rings. The summed E-state index contributed by atoms with van der Waals surface area (Å²) in [4.78, 5) is 0. The molecule has 2 aromatic heterocycles. The van der Waals surface area contributed by atoms with Crippen molar-refractivity contribution in [2.75, 3.05) is 0 Å². The van der Waals surface area contributed by atoms with Crippen LogP contribution in [0.5, 0.6) is 0 Å². The Hall–Kier alpha value is -7.26. The zero-order valence-electron chi connectivity index (χ0n) is 33.9. The second kappa shape index (κ2) is 12.9. The maximum absolute atomic E-state index is 2.50. The lowest BCUT2D eigenvalue weighted by atomic mass is 9.82. The molecule has 13 rings (SSSR count). The maximum Gasteiger partial charge on any atom is 0.0541 e. The van der Waals surface area contributed by atoms with Crippen LogP contribution in [0, 0.1) is 0 Å². The minimum absolute atomic E-state index is 0.141. The van der Waals surface area contributed by atoms with E-state index in [0.717, 1.165) is 0 Å². The number of nitrogens with zero attached hydrogens (tertiary/aromatic N) is 1. The van der Waals surface area contributed by atoms with E-state index in [1.165, 1.54) is 125 Å². The minimum atomic E-state index is -0.141. The maximum atomic E-state index is 2.50. The van der Waals surface area contributed by atoms with Gasteiger partial charge in [-0.25, -0.2) is 0 Å². The van der Waals surface area contributed by atoms with Crippen molar-refractivity contribution in [3.05, 3.63) is 211 Å². The number of aromatic nitrogens is 1. The van der Waals surface area contributed by atoms with Crippen LogP contribution < -0.4 is 0 Å². The van der Waals surface area contributed by atoms with E-state index in [-0.39, 0.29) is 5.41 Å². The number of hydrogen-bond acceptors (Lipinski definition) is 1. The zero-order valence-corrected chi connectivity index (χ0v) is 34.7. The van der Waals surface area contributed by atoms with Gasteiger partial charge in [-0.2, -0.15) is 0 Å². The third kappa shape index (κ3) is 5.13. The average molecular weight is 794 g/mol. The molecule has 1 aliphatic carbocycles. The fraction of sp³-hybridized carbons (Fsp3) is 0.0508. The first-order chi connectivity index (χ1) is 30.0. The van der Waals surface area contributed by atoms with Crippen LogP contribution in [0.4, 0.5) is 0 Å². The van der Waals surface area contributed by atoms with E-state index in [0.29, 0.717) is 0 Å². The summed E-state index contributed by atoms with van der Waals surface area (Å²) in [5.41, 5.74) is 16.4. The molecule has 61 heavy (non-hydrogen) atoms. The van der Waals surface area contributed by atoms with Gasteiger partial charge < -0.3 is 4.57 Å². The van der Waals surface area contributed by atoms with Crippen molar-refractivity contribution in [2.45, 2.75) is 19.3 Å². The molecule has 2 heterocycles. The Labute approximate surface area is 358 Å². The fourth-order valence-corrected chi connectivity index (χ4v) is 11.7. The van der Waals surface area contributed by atoms with Crippen molar-refractivity contribution in [1.82, 2.24) is 4.57 Å². The molecule has 0 unspecified atom stereocenters. The highest BCUT2D eigenvalue weighted by molar-refractivity contribution is 7.26. The first kappa shape index (κ1) is 34.6. The van der Waals surface area contributed by atoms with Crippen molar-refractivity contribution in [2.24, 2.45) is 0 Å². The number of rotatable bonds is 4. The van der Waals surface area contributed by atoms with Crippen LogP contribution in [0.25, 0.3) is 114 Å². The molecular weight excluding hydrogens is 755 g/mol. The predicted octanol–water partition coefficient (Wildman–Crippen LogP) is 16.8. The smallest absolute Gasteiger partial charge is 0.0541 e. The fourth-order valence-electron chi connectivity index (χ4n) is 10.5. The molecule has 0 N–H and O–H groups in total. The summed E-state index contributed by atoms with van der Waals surface area (Å²) in [6.07, 6.45) is 0. The highest BCUT2D eigenvalue weighted by Gasteiger charge is 2.37. The van der Waals surface area contributed by atoms with E-state index in [9.17, 15) is 0 Å². The summed E-state index contributed by atoms with van der Waals surface area (Å²) in [5, 5.41) is 10.3. The Morgan fingerprint density at radius 1 is 0.377 bits per heavy atom. The molecule has 10 aromatic carbocycles. The molecule has 0 saturated heterocycles. The average Bonchev–Trinajstić information content (AvgIpc) is 3.93. The van der Waals surface area contributed by atoms with E-state index in [1.54, 1.807) is 0 Å². The summed E-state index contributed by atoms with van der Waals surface area (Å²) >= 11 is 1.93. The van der Waals surface area contributed by atoms with Crippen LogP contribution in [-0.2, 0) is 5.41 Å². The van der Waals surface area contributed by atoms with Gasteiger partial charge in [0.05, 0.1) is 11.0 Å². The lowest BCUT2D eigenvalue weighted by molar-refractivity contribution is 0.660. The van der Waals surface area contributed by atoms with Crippen LogP contribution in [-0.4, -0.2) is 4.57 Å². The molecule has 286 valence electrons. The van der Waals surface area contributed by atoms with Crippen molar-refractivity contribution >= 4 is 74.9 Å². The third-order valence-corrected chi connectivity index (χ3v) is 14.8. The topological polar surface area (TPSA) is 4.93 Å². The Morgan fingerprint density at radius 2 is 0.951 bits per heavy atom. The Bertz CT molecular complexity index is 3770. The molecule has 0 atom stereocenters. The number of thiophene rings is 1. The largest absolute Gasteiger partial charge is 0.309 e. The van der Waals surface area contributed by atoms with E-state index < -0.39 is 0 Å². The van der Waals surface area contributed by atoms with Crippen molar-refractivity contribution in [3.63, 3.8) is 0 Å². The first-order valence-corrected chi connectivity index (χ1v) is 22.1. The van der Waals surface area contributed by atoms with Crippen molar-refractivity contribution in [1.29, 1.82) is 0 Å². The van der Waals surface area contributed by atoms with Gasteiger partial charge in [0.25, 0.3) is 0 Å². The van der Waals surface area contributed by atoms with E-state index in [2.05, 4.69) is 219 Å². The van der Waals surface area contributed by atoms with E-state index in [4.69, 9.17) is 0 Å². The van der Waals surface area contributed by atoms with Crippen molar-refractivity contribution in [3.8, 4) is 50.2 Å². The van der Waals surface area contributed by atoms with Crippen LogP contribution in [0.15, 0.2) is 200 Å². The SMILES string of the molecule is CC1(C)c2cc(-n3c4ccc(-c5ccc(-c6ccccc6)cc5)cc4c4cc(-c5ccc6c(ccc7ccccc76)c5)ccc43)ccc2-c2c1ccc1c2sc2ccccc21. The normalized spacial score (nSPS) is 13.2. The molecule has 0 fully saturated rings. The highest BCUT2D eigenvalue weighted by atomic mass is 32.1. The molecule has 0 radical (unpaired) electrons. The van der Waals surface area contributed by atoms with Gasteiger partial charge >= 0.3 is 0 Å². The van der Waals surface area contributed by atoms with Crippen LogP contribution >= 0.6 is 11.3 Å². The number of hydrogen-bond donors (Lipinski definition) is 0. The molecule has 2 heteroatoms. The zero-order chi connectivity index (χ0) is 40.4. The standard InChI is InChI=1S/C59H39NS/c1-59(2)52-29-28-48-47-14-8-9-15-56(47)61-58(48)57(52)49-27-25-44(35-53(49)59)60-54-30-23-41(38-18-16-37(17-19-38)36-10-4-3-5-11-36)33-50(54)51-34-42(24-31-55(51)60)40-22-26-46-43(32-40)21-20-39-12-6-7-13-45(39)46/h3-35H,1-2H3. The minimum Gasteiger partial charge on any atom is -0.309 e. The summed E-state index contributed by atoms with van der Waals surface area (Å²) in [5.74, 6) is 0. The second-order valence-electron chi connectivity index (χ2n) is 17.3. The lowest BCUT2D eigenvalue weighted by Gasteiger charge is -2.22. The van der Waals surface area contributed by atoms with Crippen LogP contribution in [0.1, 0.15) is 25.0 Å². The van der Waals surface area contributed by atoms with Gasteiger partial charge in [-0.15, -0.1) is 11.3 Å². The molecule has 0 saturated carbocycles.